The number of phenols is 1. The Labute approximate surface area is 96.7 Å². The Morgan fingerprint density at radius 2 is 2.00 bits per heavy atom. The predicted molar refractivity (Wildman–Crippen MR) is 64.8 cm³/mol. The zero-order valence-corrected chi connectivity index (χ0v) is 10.1. The first-order valence-corrected chi connectivity index (χ1v) is 5.66. The maximum absolute atomic E-state index is 10.7. The van der Waals surface area contributed by atoms with Crippen molar-refractivity contribution in [3.05, 3.63) is 29.3 Å². The minimum Gasteiger partial charge on any atom is -0.507 e. The predicted octanol–water partition coefficient (Wildman–Crippen LogP) is 2.61. The fourth-order valence-electron chi connectivity index (χ4n) is 1.98. The largest absolute Gasteiger partial charge is 0.507 e. The summed E-state index contributed by atoms with van der Waals surface area (Å²) in [5.74, 6) is 0.108. The molecule has 0 heterocycles. The molecule has 0 saturated heterocycles. The Bertz CT molecular complexity index is 359. The number of aromatic hydroxyl groups is 1. The van der Waals surface area contributed by atoms with Crippen LogP contribution >= 0.6 is 0 Å². The molecule has 0 spiro atoms. The van der Waals surface area contributed by atoms with Crippen molar-refractivity contribution in [2.24, 2.45) is 0 Å². The van der Waals surface area contributed by atoms with E-state index in [1.54, 1.807) is 12.1 Å². The summed E-state index contributed by atoms with van der Waals surface area (Å²) in [6.45, 7) is 8.04. The molecule has 0 aliphatic rings. The molecule has 16 heavy (non-hydrogen) atoms. The highest BCUT2D eigenvalue weighted by Crippen LogP contribution is 2.30. The van der Waals surface area contributed by atoms with E-state index in [1.165, 1.54) is 0 Å². The van der Waals surface area contributed by atoms with Gasteiger partial charge >= 0.3 is 0 Å². The number of phenolic OH excluding ortho intramolecular Hbond substituents is 1. The summed E-state index contributed by atoms with van der Waals surface area (Å²) in [6, 6.07) is 5.42. The van der Waals surface area contributed by atoms with Crippen LogP contribution in [0, 0.1) is 0 Å². The monoisotopic (exact) mass is 221 g/mol. The lowest BCUT2D eigenvalue weighted by Gasteiger charge is -2.27. The first-order valence-electron chi connectivity index (χ1n) is 5.66. The van der Waals surface area contributed by atoms with Crippen molar-refractivity contribution in [2.75, 3.05) is 13.1 Å². The summed E-state index contributed by atoms with van der Waals surface area (Å²) < 4.78 is 0. The van der Waals surface area contributed by atoms with E-state index in [4.69, 9.17) is 0 Å². The summed E-state index contributed by atoms with van der Waals surface area (Å²) in [6.07, 6.45) is 0.688. The molecule has 0 aromatic heterocycles. The van der Waals surface area contributed by atoms with Gasteiger partial charge in [0.05, 0.1) is 5.56 Å². The molecular formula is C13H19NO2. The number of aldehydes is 1. The molecule has 3 nitrogen and oxygen atoms in total. The molecule has 1 atom stereocenters. The third kappa shape index (κ3) is 2.42. The number of benzene rings is 1. The van der Waals surface area contributed by atoms with Gasteiger partial charge in [0.1, 0.15) is 5.75 Å². The van der Waals surface area contributed by atoms with Gasteiger partial charge in [-0.1, -0.05) is 26.0 Å². The SMILES string of the molecule is CCN(CC)C(C)c1cccc(C=O)c1O. The van der Waals surface area contributed by atoms with Crippen LogP contribution in [0.5, 0.6) is 5.75 Å². The highest BCUT2D eigenvalue weighted by molar-refractivity contribution is 5.80. The van der Waals surface area contributed by atoms with Crippen molar-refractivity contribution >= 4 is 6.29 Å². The van der Waals surface area contributed by atoms with Gasteiger partial charge in [0.25, 0.3) is 0 Å². The fraction of sp³-hybridized carbons (Fsp3) is 0.462. The normalized spacial score (nSPS) is 12.8. The Balaban J connectivity index is 3.07. The van der Waals surface area contributed by atoms with Crippen molar-refractivity contribution in [1.29, 1.82) is 0 Å². The van der Waals surface area contributed by atoms with Crippen molar-refractivity contribution in [3.8, 4) is 5.75 Å². The molecule has 0 fully saturated rings. The zero-order chi connectivity index (χ0) is 12.1. The summed E-state index contributed by atoms with van der Waals surface area (Å²) in [5, 5.41) is 9.94. The second-order valence-electron chi connectivity index (χ2n) is 3.80. The highest BCUT2D eigenvalue weighted by atomic mass is 16.3. The van der Waals surface area contributed by atoms with E-state index in [0.717, 1.165) is 18.7 Å². The van der Waals surface area contributed by atoms with Crippen LogP contribution in [0.2, 0.25) is 0 Å². The van der Waals surface area contributed by atoms with E-state index in [1.807, 2.05) is 13.0 Å². The maximum Gasteiger partial charge on any atom is 0.153 e. The molecule has 0 aliphatic carbocycles. The molecule has 1 unspecified atom stereocenters. The topological polar surface area (TPSA) is 40.5 Å². The van der Waals surface area contributed by atoms with E-state index in [2.05, 4.69) is 18.7 Å². The summed E-state index contributed by atoms with van der Waals surface area (Å²) in [5.41, 5.74) is 1.17. The van der Waals surface area contributed by atoms with Gasteiger partial charge < -0.3 is 5.11 Å². The number of nitrogens with zero attached hydrogens (tertiary/aromatic N) is 1. The number of carbonyl (C=O) groups excluding carboxylic acids is 1. The van der Waals surface area contributed by atoms with Crippen molar-refractivity contribution in [3.63, 3.8) is 0 Å². The molecule has 3 heteroatoms. The second kappa shape index (κ2) is 5.66. The number of rotatable bonds is 5. The van der Waals surface area contributed by atoms with Gasteiger partial charge in [0.2, 0.25) is 0 Å². The molecule has 0 saturated carbocycles. The first kappa shape index (κ1) is 12.7. The lowest BCUT2D eigenvalue weighted by molar-refractivity contribution is 0.112. The minimum atomic E-state index is 0.108. The average Bonchev–Trinajstić information content (AvgIpc) is 2.30. The number of carbonyl (C=O) groups is 1. The van der Waals surface area contributed by atoms with E-state index >= 15 is 0 Å². The quantitative estimate of drug-likeness (QED) is 0.777. The Morgan fingerprint density at radius 3 is 2.50 bits per heavy atom. The van der Waals surface area contributed by atoms with Crippen LogP contribution in [-0.2, 0) is 0 Å². The number of hydrogen-bond donors (Lipinski definition) is 1. The van der Waals surface area contributed by atoms with Gasteiger partial charge in [-0.3, -0.25) is 9.69 Å². The smallest absolute Gasteiger partial charge is 0.153 e. The van der Waals surface area contributed by atoms with Crippen LogP contribution in [0.4, 0.5) is 0 Å². The molecule has 1 aromatic rings. The third-order valence-corrected chi connectivity index (χ3v) is 3.04. The van der Waals surface area contributed by atoms with E-state index in [9.17, 15) is 9.90 Å². The first-order chi connectivity index (χ1) is 7.65. The van der Waals surface area contributed by atoms with E-state index in [0.29, 0.717) is 11.8 Å². The molecule has 1 rings (SSSR count). The molecule has 0 amide bonds. The van der Waals surface area contributed by atoms with Crippen LogP contribution in [0.1, 0.15) is 42.7 Å². The van der Waals surface area contributed by atoms with E-state index in [-0.39, 0.29) is 11.8 Å². The average molecular weight is 221 g/mol. The maximum atomic E-state index is 10.7. The molecular weight excluding hydrogens is 202 g/mol. The lowest BCUT2D eigenvalue weighted by atomic mass is 10.0. The Hall–Kier alpha value is -1.35. The molecule has 0 aliphatic heterocycles. The second-order valence-corrected chi connectivity index (χ2v) is 3.80. The van der Waals surface area contributed by atoms with Gasteiger partial charge in [0.15, 0.2) is 6.29 Å². The van der Waals surface area contributed by atoms with Crippen LogP contribution in [0.15, 0.2) is 18.2 Å². The van der Waals surface area contributed by atoms with Crippen molar-refractivity contribution < 1.29 is 9.90 Å². The summed E-state index contributed by atoms with van der Waals surface area (Å²) >= 11 is 0. The summed E-state index contributed by atoms with van der Waals surface area (Å²) in [7, 11) is 0. The summed E-state index contributed by atoms with van der Waals surface area (Å²) in [4.78, 5) is 13.0. The zero-order valence-electron chi connectivity index (χ0n) is 10.1. The Morgan fingerprint density at radius 1 is 1.38 bits per heavy atom. The number of hydrogen-bond acceptors (Lipinski definition) is 3. The van der Waals surface area contributed by atoms with Crippen molar-refractivity contribution in [2.45, 2.75) is 26.8 Å². The molecule has 1 N–H and O–H groups in total. The Kier molecular flexibility index (Phi) is 4.50. The fourth-order valence-corrected chi connectivity index (χ4v) is 1.98. The minimum absolute atomic E-state index is 0.108. The van der Waals surface area contributed by atoms with E-state index < -0.39 is 0 Å². The molecule has 0 bridgehead atoms. The lowest BCUT2D eigenvalue weighted by Crippen LogP contribution is -2.26. The molecule has 1 aromatic carbocycles. The van der Waals surface area contributed by atoms with Gasteiger partial charge in [-0.15, -0.1) is 0 Å². The molecule has 88 valence electrons. The van der Waals surface area contributed by atoms with Gasteiger partial charge in [-0.2, -0.15) is 0 Å². The van der Waals surface area contributed by atoms with Gasteiger partial charge in [-0.05, 0) is 26.1 Å². The van der Waals surface area contributed by atoms with Crippen molar-refractivity contribution in [1.82, 2.24) is 4.90 Å². The van der Waals surface area contributed by atoms with Crippen LogP contribution in [-0.4, -0.2) is 29.4 Å². The number of para-hydroxylation sites is 1. The molecule has 0 radical (unpaired) electrons. The third-order valence-electron chi connectivity index (χ3n) is 3.04. The van der Waals surface area contributed by atoms with Crippen LogP contribution in [0.3, 0.4) is 0 Å². The standard InChI is InChI=1S/C13H19NO2/c1-4-14(5-2)10(3)12-8-6-7-11(9-15)13(12)16/h6-10,16H,4-5H2,1-3H3. The van der Waals surface area contributed by atoms with Gasteiger partial charge in [0, 0.05) is 11.6 Å². The highest BCUT2D eigenvalue weighted by Gasteiger charge is 2.17. The van der Waals surface area contributed by atoms with Crippen LogP contribution in [0.25, 0.3) is 0 Å². The van der Waals surface area contributed by atoms with Gasteiger partial charge in [-0.25, -0.2) is 0 Å². The van der Waals surface area contributed by atoms with Crippen LogP contribution < -0.4 is 0 Å².